The Labute approximate surface area is 429 Å². The lowest BCUT2D eigenvalue weighted by atomic mass is 10.0. The maximum atomic E-state index is 12.9. The molecule has 69 heavy (non-hydrogen) atoms. The molecule has 0 aromatic carbocycles. The van der Waals surface area contributed by atoms with E-state index in [9.17, 15) is 19.4 Å². The predicted molar refractivity (Wildman–Crippen MR) is 298 cm³/mol. The Hall–Kier alpha value is -1.28. The molecule has 0 heterocycles. The van der Waals surface area contributed by atoms with Crippen LogP contribution in [0.5, 0.6) is 0 Å². The number of carbonyl (C=O) groups excluding carboxylic acids is 1. The zero-order valence-corrected chi connectivity index (χ0v) is 47.4. The molecular formula is C60H117N2O6P. The van der Waals surface area contributed by atoms with Gasteiger partial charge in [0.15, 0.2) is 0 Å². The molecule has 408 valence electrons. The summed E-state index contributed by atoms with van der Waals surface area (Å²) < 4.78 is 23.3. The van der Waals surface area contributed by atoms with Gasteiger partial charge < -0.3 is 28.8 Å². The van der Waals surface area contributed by atoms with Crippen molar-refractivity contribution in [2.75, 3.05) is 40.9 Å². The van der Waals surface area contributed by atoms with Crippen LogP contribution in [0.4, 0.5) is 0 Å². The zero-order chi connectivity index (χ0) is 50.6. The van der Waals surface area contributed by atoms with Gasteiger partial charge in [-0.25, -0.2) is 0 Å². The maximum Gasteiger partial charge on any atom is 0.268 e. The quantitative estimate of drug-likeness (QED) is 0.0272. The second-order valence-corrected chi connectivity index (χ2v) is 23.1. The van der Waals surface area contributed by atoms with Crippen molar-refractivity contribution in [3.05, 3.63) is 36.5 Å². The number of quaternary nitrogens is 1. The number of unbranched alkanes of at least 4 members (excludes halogenated alkanes) is 38. The van der Waals surface area contributed by atoms with Crippen LogP contribution >= 0.6 is 7.82 Å². The van der Waals surface area contributed by atoms with Crippen molar-refractivity contribution in [2.45, 2.75) is 302 Å². The van der Waals surface area contributed by atoms with Gasteiger partial charge in [-0.2, -0.15) is 0 Å². The van der Waals surface area contributed by atoms with E-state index in [2.05, 4.69) is 43.5 Å². The van der Waals surface area contributed by atoms with Crippen molar-refractivity contribution >= 4 is 13.7 Å². The van der Waals surface area contributed by atoms with E-state index < -0.39 is 26.6 Å². The normalized spacial score (nSPS) is 14.1. The van der Waals surface area contributed by atoms with E-state index in [0.717, 1.165) is 38.5 Å². The SMILES string of the molecule is CCCCCCCCC/C=C\CCCCCCCCCC(=O)NC(COP(=O)([O-])OCC[N+](C)(C)C)C(O)/C=C/CC/C=C/CCCCCCCCCCCCCCCCCCCCCCCCC. The first-order chi connectivity index (χ1) is 33.5. The standard InChI is InChI=1S/C60H117N2O6P/c1-6-8-10-12-14-16-18-20-22-24-26-27-28-29-30-31-32-33-34-35-36-37-39-41-43-45-47-49-51-53-59(63)58(57-68-69(65,66)67-56-55-62(3,4)5)61-60(64)54-52-50-48-46-44-42-40-38-25-23-21-19-17-15-13-11-9-7-2/h23,25,43,45,51,53,58-59,63H,6-22,24,26-42,44,46-50,52,54-57H2,1-5H3,(H-,61,64,65,66)/b25-23-,45-43+,53-51+. The molecule has 8 nitrogen and oxygen atoms in total. The first kappa shape index (κ1) is 67.7. The number of aliphatic hydroxyl groups excluding tert-OH is 1. The number of hydrogen-bond acceptors (Lipinski definition) is 6. The molecule has 0 aromatic rings. The summed E-state index contributed by atoms with van der Waals surface area (Å²) in [6.45, 7) is 4.66. The van der Waals surface area contributed by atoms with Crippen LogP contribution in [0.3, 0.4) is 0 Å². The van der Waals surface area contributed by atoms with Gasteiger partial charge >= 0.3 is 0 Å². The third-order valence-electron chi connectivity index (χ3n) is 13.6. The monoisotopic (exact) mass is 993 g/mol. The lowest BCUT2D eigenvalue weighted by Gasteiger charge is -2.29. The minimum Gasteiger partial charge on any atom is -0.756 e. The minimum absolute atomic E-state index is 0.00661. The van der Waals surface area contributed by atoms with E-state index in [-0.39, 0.29) is 12.5 Å². The molecule has 0 fully saturated rings. The Bertz CT molecular complexity index is 1220. The second-order valence-electron chi connectivity index (χ2n) is 21.7. The molecule has 0 saturated heterocycles. The fourth-order valence-corrected chi connectivity index (χ4v) is 9.60. The molecule has 0 aliphatic heterocycles. The van der Waals surface area contributed by atoms with Gasteiger partial charge in [0.05, 0.1) is 39.9 Å². The smallest absolute Gasteiger partial charge is 0.268 e. The van der Waals surface area contributed by atoms with Crippen molar-refractivity contribution in [1.29, 1.82) is 0 Å². The molecule has 1 amide bonds. The molecule has 0 bridgehead atoms. The first-order valence-electron chi connectivity index (χ1n) is 29.9. The van der Waals surface area contributed by atoms with Crippen LogP contribution in [-0.2, 0) is 18.4 Å². The maximum absolute atomic E-state index is 12.9. The van der Waals surface area contributed by atoms with Gasteiger partial charge in [-0.1, -0.05) is 262 Å². The summed E-state index contributed by atoms with van der Waals surface area (Å²) in [6.07, 6.45) is 66.7. The van der Waals surface area contributed by atoms with Gasteiger partial charge in [-0.05, 0) is 57.8 Å². The highest BCUT2D eigenvalue weighted by Crippen LogP contribution is 2.38. The molecule has 0 saturated carbocycles. The first-order valence-corrected chi connectivity index (χ1v) is 31.3. The van der Waals surface area contributed by atoms with Crippen LogP contribution < -0.4 is 10.2 Å². The van der Waals surface area contributed by atoms with Crippen molar-refractivity contribution in [2.24, 2.45) is 0 Å². The number of phosphoric ester groups is 1. The Kier molecular flexibility index (Phi) is 50.7. The lowest BCUT2D eigenvalue weighted by molar-refractivity contribution is -0.870. The largest absolute Gasteiger partial charge is 0.756 e. The van der Waals surface area contributed by atoms with Gasteiger partial charge in [0.25, 0.3) is 7.82 Å². The molecule has 0 rings (SSSR count). The van der Waals surface area contributed by atoms with Gasteiger partial charge in [-0.15, -0.1) is 0 Å². The molecular weight excluding hydrogens is 876 g/mol. The van der Waals surface area contributed by atoms with Crippen LogP contribution in [0, 0.1) is 0 Å². The van der Waals surface area contributed by atoms with Gasteiger partial charge in [-0.3, -0.25) is 9.36 Å². The van der Waals surface area contributed by atoms with E-state index in [1.165, 1.54) is 231 Å². The predicted octanol–water partition coefficient (Wildman–Crippen LogP) is 17.5. The number of likely N-dealkylation sites (N-methyl/N-ethyl adjacent to an activating group) is 1. The third-order valence-corrected chi connectivity index (χ3v) is 14.5. The highest BCUT2D eigenvalue weighted by atomic mass is 31.2. The molecule has 0 aromatic heterocycles. The third kappa shape index (κ3) is 54.3. The Morgan fingerprint density at radius 1 is 0.493 bits per heavy atom. The Morgan fingerprint density at radius 2 is 0.812 bits per heavy atom. The Balaban J connectivity index is 4.19. The van der Waals surface area contributed by atoms with Gasteiger partial charge in [0.1, 0.15) is 13.2 Å². The van der Waals surface area contributed by atoms with Crippen LogP contribution in [0.25, 0.3) is 0 Å². The Morgan fingerprint density at radius 3 is 1.17 bits per heavy atom. The molecule has 0 spiro atoms. The average molecular weight is 994 g/mol. The number of nitrogens with one attached hydrogen (secondary N) is 1. The van der Waals surface area contributed by atoms with E-state index in [1.807, 2.05) is 27.2 Å². The van der Waals surface area contributed by atoms with E-state index in [4.69, 9.17) is 9.05 Å². The lowest BCUT2D eigenvalue weighted by Crippen LogP contribution is -2.45. The zero-order valence-electron chi connectivity index (χ0n) is 46.5. The molecule has 9 heteroatoms. The number of allylic oxidation sites excluding steroid dienone is 5. The summed E-state index contributed by atoms with van der Waals surface area (Å²) in [6, 6.07) is -0.906. The number of carbonyl (C=O) groups is 1. The van der Waals surface area contributed by atoms with Crippen LogP contribution in [0.1, 0.15) is 290 Å². The van der Waals surface area contributed by atoms with Crippen LogP contribution in [0.15, 0.2) is 36.5 Å². The fourth-order valence-electron chi connectivity index (χ4n) is 8.87. The fraction of sp³-hybridized carbons (Fsp3) is 0.883. The summed E-state index contributed by atoms with van der Waals surface area (Å²) in [4.78, 5) is 25.5. The van der Waals surface area contributed by atoms with Crippen molar-refractivity contribution in [1.82, 2.24) is 5.32 Å². The summed E-state index contributed by atoms with van der Waals surface area (Å²) in [7, 11) is 1.25. The van der Waals surface area contributed by atoms with E-state index in [1.54, 1.807) is 6.08 Å². The molecule has 3 atom stereocenters. The minimum atomic E-state index is -4.61. The number of hydrogen-bond donors (Lipinski definition) is 2. The van der Waals surface area contributed by atoms with E-state index in [0.29, 0.717) is 17.4 Å². The molecule has 0 aliphatic rings. The summed E-state index contributed by atoms with van der Waals surface area (Å²) >= 11 is 0. The highest BCUT2D eigenvalue weighted by Gasteiger charge is 2.23. The van der Waals surface area contributed by atoms with Crippen LogP contribution in [-0.4, -0.2) is 68.5 Å². The van der Waals surface area contributed by atoms with Gasteiger partial charge in [0, 0.05) is 6.42 Å². The number of amides is 1. The van der Waals surface area contributed by atoms with Crippen LogP contribution in [0.2, 0.25) is 0 Å². The summed E-state index contributed by atoms with van der Waals surface area (Å²) in [5, 5.41) is 13.9. The molecule has 0 radical (unpaired) electrons. The van der Waals surface area contributed by atoms with E-state index >= 15 is 0 Å². The van der Waals surface area contributed by atoms with Crippen molar-refractivity contribution < 1.29 is 32.9 Å². The molecule has 2 N–H and O–H groups in total. The van der Waals surface area contributed by atoms with Crippen molar-refractivity contribution in [3.8, 4) is 0 Å². The average Bonchev–Trinajstić information content (AvgIpc) is 3.31. The van der Waals surface area contributed by atoms with Crippen molar-refractivity contribution in [3.63, 3.8) is 0 Å². The second kappa shape index (κ2) is 51.6. The molecule has 3 unspecified atom stereocenters. The van der Waals surface area contributed by atoms with Gasteiger partial charge in [0.2, 0.25) is 5.91 Å². The number of aliphatic hydroxyl groups is 1. The topological polar surface area (TPSA) is 108 Å². The number of phosphoric acid groups is 1. The molecule has 0 aliphatic carbocycles. The number of rotatable bonds is 55. The highest BCUT2D eigenvalue weighted by molar-refractivity contribution is 7.45. The summed E-state index contributed by atoms with van der Waals surface area (Å²) in [5.74, 6) is -0.209. The summed E-state index contributed by atoms with van der Waals surface area (Å²) in [5.41, 5.74) is 0. The number of nitrogens with zero attached hydrogens (tertiary/aromatic N) is 1.